The van der Waals surface area contributed by atoms with Crippen molar-refractivity contribution in [3.05, 3.63) is 0 Å². The molecule has 122 valence electrons. The number of nitrogens with zero attached hydrogens (tertiary/aromatic N) is 1. The van der Waals surface area contributed by atoms with Crippen molar-refractivity contribution in [2.45, 2.75) is 89.1 Å². The molecule has 4 unspecified atom stereocenters. The quantitative estimate of drug-likeness (QED) is 0.866. The Morgan fingerprint density at radius 2 is 1.67 bits per heavy atom. The van der Waals surface area contributed by atoms with Crippen LogP contribution in [0, 0.1) is 11.8 Å². The van der Waals surface area contributed by atoms with Gasteiger partial charge >= 0.3 is 0 Å². The van der Waals surface area contributed by atoms with Crippen molar-refractivity contribution in [1.82, 2.24) is 10.2 Å². The molecule has 3 heteroatoms. The van der Waals surface area contributed by atoms with Gasteiger partial charge in [-0.05, 0) is 79.8 Å². The predicted octanol–water partition coefficient (Wildman–Crippen LogP) is 3.04. The van der Waals surface area contributed by atoms with E-state index in [1.807, 2.05) is 0 Å². The minimum atomic E-state index is -0.0143. The van der Waals surface area contributed by atoms with Crippen LogP contribution in [0.4, 0.5) is 0 Å². The fourth-order valence-electron chi connectivity index (χ4n) is 5.68. The van der Waals surface area contributed by atoms with Crippen LogP contribution < -0.4 is 5.32 Å². The van der Waals surface area contributed by atoms with Crippen molar-refractivity contribution < 1.29 is 4.74 Å². The number of hydrogen-bond acceptors (Lipinski definition) is 3. The minimum absolute atomic E-state index is 0.0143. The molecule has 0 aromatic rings. The van der Waals surface area contributed by atoms with Crippen LogP contribution in [0.1, 0.15) is 59.8 Å². The minimum Gasteiger partial charge on any atom is -0.369 e. The summed E-state index contributed by atoms with van der Waals surface area (Å²) < 4.78 is 6.36. The number of hydrogen-bond donors (Lipinski definition) is 1. The zero-order valence-electron chi connectivity index (χ0n) is 14.8. The van der Waals surface area contributed by atoms with Gasteiger partial charge in [-0.25, -0.2) is 0 Å². The van der Waals surface area contributed by atoms with Crippen LogP contribution in [-0.2, 0) is 4.74 Å². The van der Waals surface area contributed by atoms with E-state index in [1.54, 1.807) is 0 Å². The third-order valence-electron chi connectivity index (χ3n) is 6.55. The largest absolute Gasteiger partial charge is 0.369 e. The fraction of sp³-hybridized carbons (Fsp3) is 1.00. The van der Waals surface area contributed by atoms with E-state index in [9.17, 15) is 0 Å². The van der Waals surface area contributed by atoms with Crippen LogP contribution in [0.25, 0.3) is 0 Å². The molecule has 3 aliphatic heterocycles. The van der Waals surface area contributed by atoms with E-state index >= 15 is 0 Å². The molecule has 0 spiro atoms. The molecule has 0 aliphatic carbocycles. The van der Waals surface area contributed by atoms with Crippen molar-refractivity contribution in [1.29, 1.82) is 0 Å². The molecule has 2 bridgehead atoms. The van der Waals surface area contributed by atoms with E-state index in [1.165, 1.54) is 32.1 Å². The summed E-state index contributed by atoms with van der Waals surface area (Å²) in [4.78, 5) is 2.64. The molecular formula is C18H34N2O. The first-order valence-electron chi connectivity index (χ1n) is 8.83. The second kappa shape index (κ2) is 5.21. The zero-order chi connectivity index (χ0) is 15.4. The van der Waals surface area contributed by atoms with Crippen LogP contribution in [0.3, 0.4) is 0 Å². The highest BCUT2D eigenvalue weighted by molar-refractivity contribution is 5.04. The second-order valence-electron chi connectivity index (χ2n) is 8.87. The monoisotopic (exact) mass is 294 g/mol. The van der Waals surface area contributed by atoms with E-state index < -0.39 is 0 Å². The van der Waals surface area contributed by atoms with Gasteiger partial charge in [-0.3, -0.25) is 0 Å². The Morgan fingerprint density at radius 1 is 1.10 bits per heavy atom. The average Bonchev–Trinajstić information content (AvgIpc) is 2.70. The van der Waals surface area contributed by atoms with E-state index in [-0.39, 0.29) is 11.2 Å². The van der Waals surface area contributed by atoms with Gasteiger partial charge in [0, 0.05) is 24.0 Å². The van der Waals surface area contributed by atoms with Gasteiger partial charge in [-0.2, -0.15) is 0 Å². The Hall–Kier alpha value is -0.120. The van der Waals surface area contributed by atoms with E-state index in [0.29, 0.717) is 12.0 Å². The summed E-state index contributed by atoms with van der Waals surface area (Å²) in [7, 11) is 4.49. The molecule has 0 aromatic carbocycles. The van der Waals surface area contributed by atoms with Crippen LogP contribution in [-0.4, -0.2) is 48.3 Å². The molecule has 3 heterocycles. The molecule has 3 rings (SSSR count). The SMILES string of the molecule is CNC(C1CC2CCC(C1)N2C)C1CC(C)(C)OC1(C)C. The molecule has 0 saturated carbocycles. The fourth-order valence-corrected chi connectivity index (χ4v) is 5.68. The van der Waals surface area contributed by atoms with Crippen molar-refractivity contribution in [2.24, 2.45) is 11.8 Å². The normalized spacial score (nSPS) is 43.1. The van der Waals surface area contributed by atoms with Gasteiger partial charge in [0.25, 0.3) is 0 Å². The molecule has 3 saturated heterocycles. The Kier molecular flexibility index (Phi) is 3.91. The summed E-state index contributed by atoms with van der Waals surface area (Å²) >= 11 is 0. The van der Waals surface area contributed by atoms with Gasteiger partial charge in [0.15, 0.2) is 0 Å². The maximum Gasteiger partial charge on any atom is 0.0677 e. The Labute approximate surface area is 130 Å². The third kappa shape index (κ3) is 2.77. The number of nitrogens with one attached hydrogen (secondary N) is 1. The molecule has 0 radical (unpaired) electrons. The van der Waals surface area contributed by atoms with Gasteiger partial charge in [-0.15, -0.1) is 0 Å². The number of rotatable bonds is 3. The molecular weight excluding hydrogens is 260 g/mol. The first-order chi connectivity index (χ1) is 9.73. The summed E-state index contributed by atoms with van der Waals surface area (Å²) in [6, 6.07) is 2.24. The molecule has 4 atom stereocenters. The van der Waals surface area contributed by atoms with Gasteiger partial charge in [-0.1, -0.05) is 0 Å². The maximum absolute atomic E-state index is 6.36. The number of ether oxygens (including phenoxy) is 1. The van der Waals surface area contributed by atoms with Crippen molar-refractivity contribution in [3.8, 4) is 0 Å². The standard InChI is InChI=1S/C18H34N2O/c1-17(2)11-15(18(3,4)21-17)16(19-5)12-9-13-7-8-14(10-12)20(13)6/h12-16,19H,7-11H2,1-6H3. The predicted molar refractivity (Wildman–Crippen MR) is 87.5 cm³/mol. The van der Waals surface area contributed by atoms with Crippen LogP contribution in [0.5, 0.6) is 0 Å². The molecule has 3 fully saturated rings. The second-order valence-corrected chi connectivity index (χ2v) is 8.87. The molecule has 21 heavy (non-hydrogen) atoms. The maximum atomic E-state index is 6.36. The number of piperidine rings is 1. The first kappa shape index (κ1) is 15.8. The number of fused-ring (bicyclic) bond motifs is 2. The molecule has 1 N–H and O–H groups in total. The smallest absolute Gasteiger partial charge is 0.0677 e. The molecule has 3 nitrogen and oxygen atoms in total. The van der Waals surface area contributed by atoms with Crippen molar-refractivity contribution in [2.75, 3.05) is 14.1 Å². The van der Waals surface area contributed by atoms with Crippen molar-refractivity contribution in [3.63, 3.8) is 0 Å². The molecule has 0 amide bonds. The van der Waals surface area contributed by atoms with Gasteiger partial charge in [0.1, 0.15) is 0 Å². The molecule has 0 aromatic heterocycles. The summed E-state index contributed by atoms with van der Waals surface area (Å²) in [6.07, 6.45) is 6.72. The summed E-state index contributed by atoms with van der Waals surface area (Å²) in [5, 5.41) is 3.69. The average molecular weight is 294 g/mol. The van der Waals surface area contributed by atoms with Gasteiger partial charge in [0.2, 0.25) is 0 Å². The Bertz CT molecular complexity index is 379. The zero-order valence-corrected chi connectivity index (χ0v) is 14.8. The summed E-state index contributed by atoms with van der Waals surface area (Å²) in [5.41, 5.74) is 0.00722. The van der Waals surface area contributed by atoms with E-state index in [4.69, 9.17) is 4.74 Å². The molecule has 3 aliphatic rings. The summed E-state index contributed by atoms with van der Waals surface area (Å²) in [6.45, 7) is 9.08. The summed E-state index contributed by atoms with van der Waals surface area (Å²) in [5.74, 6) is 1.43. The topological polar surface area (TPSA) is 24.5 Å². The lowest BCUT2D eigenvalue weighted by atomic mass is 9.72. The van der Waals surface area contributed by atoms with E-state index in [0.717, 1.165) is 18.0 Å². The lowest BCUT2D eigenvalue weighted by Gasteiger charge is -2.43. The third-order valence-corrected chi connectivity index (χ3v) is 6.55. The Morgan fingerprint density at radius 3 is 2.10 bits per heavy atom. The van der Waals surface area contributed by atoms with Crippen LogP contribution in [0.2, 0.25) is 0 Å². The van der Waals surface area contributed by atoms with Gasteiger partial charge in [0.05, 0.1) is 11.2 Å². The lowest BCUT2D eigenvalue weighted by Crippen LogP contribution is -2.52. The first-order valence-corrected chi connectivity index (χ1v) is 8.83. The van der Waals surface area contributed by atoms with E-state index in [2.05, 4.69) is 52.0 Å². The highest BCUT2D eigenvalue weighted by atomic mass is 16.5. The van der Waals surface area contributed by atoms with Crippen molar-refractivity contribution >= 4 is 0 Å². The van der Waals surface area contributed by atoms with Crippen LogP contribution >= 0.6 is 0 Å². The Balaban J connectivity index is 1.77. The lowest BCUT2D eigenvalue weighted by molar-refractivity contribution is -0.0808. The highest BCUT2D eigenvalue weighted by Crippen LogP contribution is 2.48. The van der Waals surface area contributed by atoms with Gasteiger partial charge < -0.3 is 15.0 Å². The van der Waals surface area contributed by atoms with Crippen LogP contribution in [0.15, 0.2) is 0 Å². The highest BCUT2D eigenvalue weighted by Gasteiger charge is 2.52.